The maximum Gasteiger partial charge on any atom is 0.255 e. The smallest absolute Gasteiger partial charge is 0.255 e. The number of hydrogen-bond donors (Lipinski definition) is 0. The topological polar surface area (TPSA) is 43.9 Å². The molecule has 1 fully saturated rings. The van der Waals surface area contributed by atoms with Crippen molar-refractivity contribution >= 4 is 17.5 Å². The molecule has 2 aromatic rings. The van der Waals surface area contributed by atoms with Gasteiger partial charge in [0.05, 0.1) is 0 Å². The lowest BCUT2D eigenvalue weighted by atomic mass is 10.0. The van der Waals surface area contributed by atoms with Gasteiger partial charge in [-0.25, -0.2) is 4.39 Å². The van der Waals surface area contributed by atoms with E-state index in [1.807, 2.05) is 29.2 Å². The summed E-state index contributed by atoms with van der Waals surface area (Å²) in [5, 5.41) is 0. The molecule has 2 heterocycles. The van der Waals surface area contributed by atoms with Gasteiger partial charge in [-0.15, -0.1) is 0 Å². The highest BCUT2D eigenvalue weighted by molar-refractivity contribution is 6.01. The molecule has 2 amide bonds. The lowest BCUT2D eigenvalue weighted by molar-refractivity contribution is -0.137. The van der Waals surface area contributed by atoms with Crippen LogP contribution in [0.25, 0.3) is 0 Å². The minimum Gasteiger partial charge on any atom is -0.368 e. The largest absolute Gasteiger partial charge is 0.368 e. The quantitative estimate of drug-likeness (QED) is 0.759. The first kappa shape index (κ1) is 20.4. The molecule has 158 valence electrons. The third kappa shape index (κ3) is 4.04. The van der Waals surface area contributed by atoms with Crippen LogP contribution in [0.2, 0.25) is 0 Å². The maximum absolute atomic E-state index is 13.5. The molecule has 0 N–H and O–H groups in total. The van der Waals surface area contributed by atoms with E-state index in [2.05, 4.69) is 18.7 Å². The zero-order valence-corrected chi connectivity index (χ0v) is 17.6. The summed E-state index contributed by atoms with van der Waals surface area (Å²) in [7, 11) is 0. The monoisotopic (exact) mass is 409 g/mol. The molecule has 0 saturated carbocycles. The number of piperazine rings is 1. The Morgan fingerprint density at radius 2 is 1.67 bits per heavy atom. The van der Waals surface area contributed by atoms with Crippen molar-refractivity contribution in [1.82, 2.24) is 9.80 Å². The fraction of sp³-hybridized carbons (Fsp3) is 0.417. The second-order valence-electron chi connectivity index (χ2n) is 8.52. The Bertz CT molecular complexity index is 920. The van der Waals surface area contributed by atoms with Crippen LogP contribution < -0.4 is 4.90 Å². The Kier molecular flexibility index (Phi) is 5.75. The van der Waals surface area contributed by atoms with Crippen LogP contribution in [0.15, 0.2) is 48.5 Å². The Balaban J connectivity index is 1.46. The Morgan fingerprint density at radius 3 is 2.30 bits per heavy atom. The normalized spacial score (nSPS) is 17.5. The molecule has 2 aliphatic heterocycles. The SMILES string of the molecule is CC(C)CC(C(=O)N1CCN(c2ccc(F)cc2)CC1)N1Cc2ccccc2C1=O. The van der Waals surface area contributed by atoms with E-state index in [1.165, 1.54) is 12.1 Å². The predicted octanol–water partition coefficient (Wildman–Crippen LogP) is 3.55. The molecule has 1 unspecified atom stereocenters. The molecular formula is C24H28FN3O2. The summed E-state index contributed by atoms with van der Waals surface area (Å²) in [6.07, 6.45) is 0.650. The highest BCUT2D eigenvalue weighted by Crippen LogP contribution is 2.28. The van der Waals surface area contributed by atoms with Crippen LogP contribution in [0.3, 0.4) is 0 Å². The van der Waals surface area contributed by atoms with E-state index >= 15 is 0 Å². The van der Waals surface area contributed by atoms with Crippen LogP contribution in [0.1, 0.15) is 36.2 Å². The van der Waals surface area contributed by atoms with Crippen molar-refractivity contribution in [2.24, 2.45) is 5.92 Å². The average Bonchev–Trinajstić information content (AvgIpc) is 3.09. The summed E-state index contributed by atoms with van der Waals surface area (Å²) in [6.45, 7) is 7.24. The molecule has 0 aliphatic carbocycles. The fourth-order valence-electron chi connectivity index (χ4n) is 4.38. The van der Waals surface area contributed by atoms with Crippen molar-refractivity contribution in [3.63, 3.8) is 0 Å². The van der Waals surface area contributed by atoms with E-state index in [0.29, 0.717) is 50.6 Å². The van der Waals surface area contributed by atoms with Crippen molar-refractivity contribution in [1.29, 1.82) is 0 Å². The summed E-state index contributed by atoms with van der Waals surface area (Å²) < 4.78 is 13.2. The van der Waals surface area contributed by atoms with Gasteiger partial charge in [0.1, 0.15) is 11.9 Å². The number of anilines is 1. The number of nitrogens with zero attached hydrogens (tertiary/aromatic N) is 3. The lowest BCUT2D eigenvalue weighted by Crippen LogP contribution is -2.55. The Labute approximate surface area is 177 Å². The third-order valence-electron chi connectivity index (χ3n) is 5.99. The van der Waals surface area contributed by atoms with E-state index in [1.54, 1.807) is 17.0 Å². The number of benzene rings is 2. The van der Waals surface area contributed by atoms with Gasteiger partial charge >= 0.3 is 0 Å². The molecule has 4 rings (SSSR count). The van der Waals surface area contributed by atoms with Crippen LogP contribution >= 0.6 is 0 Å². The van der Waals surface area contributed by atoms with Crippen molar-refractivity contribution < 1.29 is 14.0 Å². The van der Waals surface area contributed by atoms with Crippen molar-refractivity contribution in [2.45, 2.75) is 32.9 Å². The minimum atomic E-state index is -0.442. The fourth-order valence-corrected chi connectivity index (χ4v) is 4.38. The van der Waals surface area contributed by atoms with Gasteiger partial charge in [-0.05, 0) is 48.2 Å². The van der Waals surface area contributed by atoms with Gasteiger partial charge < -0.3 is 14.7 Å². The second kappa shape index (κ2) is 8.46. The zero-order valence-electron chi connectivity index (χ0n) is 17.6. The van der Waals surface area contributed by atoms with Crippen LogP contribution in [0.4, 0.5) is 10.1 Å². The number of carbonyl (C=O) groups excluding carboxylic acids is 2. The van der Waals surface area contributed by atoms with Crippen LogP contribution in [0.5, 0.6) is 0 Å². The highest BCUT2D eigenvalue weighted by Gasteiger charge is 2.38. The van der Waals surface area contributed by atoms with E-state index < -0.39 is 6.04 Å². The molecule has 1 atom stereocenters. The number of fused-ring (bicyclic) bond motifs is 1. The third-order valence-corrected chi connectivity index (χ3v) is 5.99. The molecule has 0 aromatic heterocycles. The van der Waals surface area contributed by atoms with Crippen LogP contribution in [-0.4, -0.2) is 53.8 Å². The lowest BCUT2D eigenvalue weighted by Gasteiger charge is -2.39. The molecular weight excluding hydrogens is 381 g/mol. The molecule has 0 spiro atoms. The number of rotatable bonds is 5. The van der Waals surface area contributed by atoms with Crippen molar-refractivity contribution in [3.8, 4) is 0 Å². The maximum atomic E-state index is 13.5. The molecule has 2 aliphatic rings. The number of amides is 2. The summed E-state index contributed by atoms with van der Waals surface area (Å²) >= 11 is 0. The van der Waals surface area contributed by atoms with Gasteiger partial charge in [0, 0.05) is 44.0 Å². The van der Waals surface area contributed by atoms with Gasteiger partial charge in [-0.3, -0.25) is 9.59 Å². The molecule has 2 aromatic carbocycles. The summed E-state index contributed by atoms with van der Waals surface area (Å²) in [5.74, 6) is 0.0366. The summed E-state index contributed by atoms with van der Waals surface area (Å²) in [6, 6.07) is 13.6. The van der Waals surface area contributed by atoms with Gasteiger partial charge in [-0.1, -0.05) is 32.0 Å². The van der Waals surface area contributed by atoms with Crippen LogP contribution in [-0.2, 0) is 11.3 Å². The standard InChI is InChI=1S/C24H28FN3O2/c1-17(2)15-22(28-16-18-5-3-4-6-21(18)23(28)29)24(30)27-13-11-26(12-14-27)20-9-7-19(25)8-10-20/h3-10,17,22H,11-16H2,1-2H3. The zero-order chi connectivity index (χ0) is 21.3. The Morgan fingerprint density at radius 1 is 1.00 bits per heavy atom. The van der Waals surface area contributed by atoms with E-state index in [-0.39, 0.29) is 17.6 Å². The summed E-state index contributed by atoms with van der Waals surface area (Å²) in [5.41, 5.74) is 2.66. The van der Waals surface area contributed by atoms with Crippen LogP contribution in [0, 0.1) is 11.7 Å². The Hall–Kier alpha value is -2.89. The molecule has 30 heavy (non-hydrogen) atoms. The van der Waals surface area contributed by atoms with E-state index in [9.17, 15) is 14.0 Å². The first-order valence-electron chi connectivity index (χ1n) is 10.6. The number of halogens is 1. The van der Waals surface area contributed by atoms with Gasteiger partial charge in [0.15, 0.2) is 0 Å². The van der Waals surface area contributed by atoms with Gasteiger partial charge in [0.2, 0.25) is 5.91 Å². The van der Waals surface area contributed by atoms with E-state index in [0.717, 1.165) is 11.3 Å². The first-order valence-corrected chi connectivity index (χ1v) is 10.6. The number of carbonyl (C=O) groups is 2. The van der Waals surface area contributed by atoms with Crippen molar-refractivity contribution in [3.05, 3.63) is 65.5 Å². The molecule has 0 bridgehead atoms. The van der Waals surface area contributed by atoms with E-state index in [4.69, 9.17) is 0 Å². The minimum absolute atomic E-state index is 0.0311. The molecule has 1 saturated heterocycles. The summed E-state index contributed by atoms with van der Waals surface area (Å²) in [4.78, 5) is 32.2. The molecule has 6 heteroatoms. The predicted molar refractivity (Wildman–Crippen MR) is 115 cm³/mol. The van der Waals surface area contributed by atoms with Crippen molar-refractivity contribution in [2.75, 3.05) is 31.1 Å². The highest BCUT2D eigenvalue weighted by atomic mass is 19.1. The average molecular weight is 410 g/mol. The number of hydrogen-bond acceptors (Lipinski definition) is 3. The molecule has 0 radical (unpaired) electrons. The second-order valence-corrected chi connectivity index (χ2v) is 8.52. The van der Waals surface area contributed by atoms with Gasteiger partial charge in [0.25, 0.3) is 5.91 Å². The first-order chi connectivity index (χ1) is 14.4. The molecule has 5 nitrogen and oxygen atoms in total. The van der Waals surface area contributed by atoms with Gasteiger partial charge in [-0.2, -0.15) is 0 Å².